The van der Waals surface area contributed by atoms with Gasteiger partial charge in [0.25, 0.3) is 0 Å². The molecule has 36 heavy (non-hydrogen) atoms. The molecule has 2 nitrogen and oxygen atoms in total. The number of unbranched alkanes of at least 4 members (excludes halogenated alkanes) is 13. The van der Waals surface area contributed by atoms with E-state index in [1.54, 1.807) is 0 Å². The van der Waals surface area contributed by atoms with E-state index in [1.807, 2.05) is 0 Å². The largest absolute Gasteiger partial charge is 0.493 e. The van der Waals surface area contributed by atoms with E-state index in [2.05, 4.69) is 62.4 Å². The van der Waals surface area contributed by atoms with Gasteiger partial charge < -0.3 is 9.47 Å². The van der Waals surface area contributed by atoms with E-state index in [0.29, 0.717) is 0 Å². The maximum atomic E-state index is 6.17. The van der Waals surface area contributed by atoms with Gasteiger partial charge in [-0.25, -0.2) is 0 Å². The van der Waals surface area contributed by atoms with Gasteiger partial charge in [0.15, 0.2) is 0 Å². The second-order valence-electron chi connectivity index (χ2n) is 10.4. The summed E-state index contributed by atoms with van der Waals surface area (Å²) < 4.78 is 12.3. The van der Waals surface area contributed by atoms with Crippen LogP contribution in [0.25, 0.3) is 0 Å². The zero-order valence-electron chi connectivity index (χ0n) is 23.6. The van der Waals surface area contributed by atoms with E-state index in [9.17, 15) is 0 Å². The number of aryl methyl sites for hydroxylation is 2. The van der Waals surface area contributed by atoms with Crippen molar-refractivity contribution >= 4 is 0 Å². The summed E-state index contributed by atoms with van der Waals surface area (Å²) in [7, 11) is 0. The van der Waals surface area contributed by atoms with Gasteiger partial charge in [0, 0.05) is 0 Å². The topological polar surface area (TPSA) is 18.5 Å². The highest BCUT2D eigenvalue weighted by Gasteiger charge is 2.05. The van der Waals surface area contributed by atoms with Gasteiger partial charge in [-0.2, -0.15) is 0 Å². The van der Waals surface area contributed by atoms with Gasteiger partial charge in [-0.1, -0.05) is 127 Å². The standard InChI is InChI=1S/C34H54O2/c1-3-5-7-9-11-13-15-23-31-25-17-19-27-33(31)35-29-21-22-30-36-34-28-20-18-26-32(34)24-16-14-12-10-8-6-4-2/h17-20,25-28H,3-16,21-24,29-30H2,1-2H3. The van der Waals surface area contributed by atoms with Crippen molar-refractivity contribution in [3.05, 3.63) is 59.7 Å². The molecule has 0 aliphatic carbocycles. The predicted molar refractivity (Wildman–Crippen MR) is 157 cm³/mol. The molecular weight excluding hydrogens is 440 g/mol. The van der Waals surface area contributed by atoms with Crippen LogP contribution < -0.4 is 9.47 Å². The Hall–Kier alpha value is -1.96. The number of ether oxygens (including phenoxy) is 2. The summed E-state index contributed by atoms with van der Waals surface area (Å²) in [4.78, 5) is 0. The van der Waals surface area contributed by atoms with Crippen molar-refractivity contribution < 1.29 is 9.47 Å². The zero-order valence-corrected chi connectivity index (χ0v) is 23.6. The maximum absolute atomic E-state index is 6.17. The number of hydrogen-bond donors (Lipinski definition) is 0. The molecule has 0 saturated heterocycles. The fourth-order valence-corrected chi connectivity index (χ4v) is 4.82. The van der Waals surface area contributed by atoms with Crippen LogP contribution in [-0.4, -0.2) is 13.2 Å². The molecule has 0 aromatic heterocycles. The average molecular weight is 495 g/mol. The van der Waals surface area contributed by atoms with Crippen molar-refractivity contribution in [3.8, 4) is 11.5 Å². The molecular formula is C34H54O2. The third kappa shape index (κ3) is 14.0. The van der Waals surface area contributed by atoms with Crippen LogP contribution in [-0.2, 0) is 12.8 Å². The molecule has 2 aromatic rings. The minimum Gasteiger partial charge on any atom is -0.493 e. The summed E-state index contributed by atoms with van der Waals surface area (Å²) in [6, 6.07) is 17.2. The lowest BCUT2D eigenvalue weighted by atomic mass is 10.0. The minimum absolute atomic E-state index is 0.761. The van der Waals surface area contributed by atoms with E-state index in [4.69, 9.17) is 9.47 Å². The number of para-hydroxylation sites is 2. The Balaban J connectivity index is 1.59. The van der Waals surface area contributed by atoms with E-state index in [1.165, 1.54) is 101 Å². The highest BCUT2D eigenvalue weighted by Crippen LogP contribution is 2.23. The maximum Gasteiger partial charge on any atom is 0.122 e. The summed E-state index contributed by atoms with van der Waals surface area (Å²) in [6.07, 6.45) is 23.2. The smallest absolute Gasteiger partial charge is 0.122 e. The molecule has 2 aromatic carbocycles. The summed E-state index contributed by atoms with van der Waals surface area (Å²) >= 11 is 0. The lowest BCUT2D eigenvalue weighted by Gasteiger charge is -2.13. The Morgan fingerprint density at radius 2 is 0.778 bits per heavy atom. The fourth-order valence-electron chi connectivity index (χ4n) is 4.82. The van der Waals surface area contributed by atoms with Crippen LogP contribution in [0.15, 0.2) is 48.5 Å². The molecule has 2 rings (SSSR count). The lowest BCUT2D eigenvalue weighted by molar-refractivity contribution is 0.263. The molecule has 0 aliphatic heterocycles. The average Bonchev–Trinajstić information content (AvgIpc) is 2.91. The van der Waals surface area contributed by atoms with Crippen LogP contribution in [0.3, 0.4) is 0 Å². The molecule has 0 N–H and O–H groups in total. The SMILES string of the molecule is CCCCCCCCCc1ccccc1OCCCCOc1ccccc1CCCCCCCCC. The van der Waals surface area contributed by atoms with Crippen LogP contribution in [0.4, 0.5) is 0 Å². The third-order valence-corrected chi connectivity index (χ3v) is 7.10. The Kier molecular flexibility index (Phi) is 17.8. The highest BCUT2D eigenvalue weighted by atomic mass is 16.5. The molecule has 0 aliphatic rings. The zero-order chi connectivity index (χ0) is 25.5. The van der Waals surface area contributed by atoms with Gasteiger partial charge in [-0.05, 0) is 61.8 Å². The molecule has 202 valence electrons. The summed E-state index contributed by atoms with van der Waals surface area (Å²) in [5.41, 5.74) is 2.73. The van der Waals surface area contributed by atoms with E-state index >= 15 is 0 Å². The van der Waals surface area contributed by atoms with Crippen molar-refractivity contribution in [2.75, 3.05) is 13.2 Å². The third-order valence-electron chi connectivity index (χ3n) is 7.10. The van der Waals surface area contributed by atoms with Gasteiger partial charge in [0.2, 0.25) is 0 Å². The highest BCUT2D eigenvalue weighted by molar-refractivity contribution is 5.34. The molecule has 0 radical (unpaired) electrons. The lowest BCUT2D eigenvalue weighted by Crippen LogP contribution is -2.05. The molecule has 0 bridgehead atoms. The molecule has 0 unspecified atom stereocenters. The molecule has 0 saturated carbocycles. The van der Waals surface area contributed by atoms with E-state index < -0.39 is 0 Å². The second-order valence-corrected chi connectivity index (χ2v) is 10.4. The van der Waals surface area contributed by atoms with Gasteiger partial charge in [-0.15, -0.1) is 0 Å². The van der Waals surface area contributed by atoms with Crippen molar-refractivity contribution in [2.24, 2.45) is 0 Å². The van der Waals surface area contributed by atoms with Crippen molar-refractivity contribution in [3.63, 3.8) is 0 Å². The summed E-state index contributed by atoms with van der Waals surface area (Å²) in [5.74, 6) is 2.15. The van der Waals surface area contributed by atoms with Crippen molar-refractivity contribution in [2.45, 2.75) is 129 Å². The summed E-state index contributed by atoms with van der Waals surface area (Å²) in [6.45, 7) is 6.08. The van der Waals surface area contributed by atoms with Gasteiger partial charge in [-0.3, -0.25) is 0 Å². The molecule has 2 heteroatoms. The molecule has 0 amide bonds. The Morgan fingerprint density at radius 3 is 1.19 bits per heavy atom. The van der Waals surface area contributed by atoms with E-state index in [-0.39, 0.29) is 0 Å². The quantitative estimate of drug-likeness (QED) is 0.143. The first-order valence-electron chi connectivity index (χ1n) is 15.3. The minimum atomic E-state index is 0.761. The second kappa shape index (κ2) is 21.2. The number of hydrogen-bond acceptors (Lipinski definition) is 2. The number of benzene rings is 2. The summed E-state index contributed by atoms with van der Waals surface area (Å²) in [5, 5.41) is 0. The first-order chi connectivity index (χ1) is 17.8. The molecule has 0 spiro atoms. The Bertz CT molecular complexity index is 704. The van der Waals surface area contributed by atoms with Gasteiger partial charge >= 0.3 is 0 Å². The fraction of sp³-hybridized carbons (Fsp3) is 0.647. The molecule has 0 atom stereocenters. The van der Waals surface area contributed by atoms with Gasteiger partial charge in [0.1, 0.15) is 11.5 Å². The van der Waals surface area contributed by atoms with E-state index in [0.717, 1.165) is 50.4 Å². The number of rotatable bonds is 23. The Morgan fingerprint density at radius 1 is 0.417 bits per heavy atom. The Labute approximate surface area is 223 Å². The van der Waals surface area contributed by atoms with Crippen LogP contribution in [0, 0.1) is 0 Å². The predicted octanol–water partition coefficient (Wildman–Crippen LogP) is 10.5. The molecule has 0 fully saturated rings. The first kappa shape index (κ1) is 30.3. The monoisotopic (exact) mass is 494 g/mol. The van der Waals surface area contributed by atoms with Crippen LogP contribution in [0.5, 0.6) is 11.5 Å². The van der Waals surface area contributed by atoms with Crippen molar-refractivity contribution in [1.82, 2.24) is 0 Å². The van der Waals surface area contributed by atoms with Crippen LogP contribution in [0.2, 0.25) is 0 Å². The van der Waals surface area contributed by atoms with Gasteiger partial charge in [0.05, 0.1) is 13.2 Å². The first-order valence-corrected chi connectivity index (χ1v) is 15.3. The van der Waals surface area contributed by atoms with Crippen LogP contribution >= 0.6 is 0 Å². The van der Waals surface area contributed by atoms with Crippen molar-refractivity contribution in [1.29, 1.82) is 0 Å². The van der Waals surface area contributed by atoms with Crippen LogP contribution in [0.1, 0.15) is 128 Å². The normalized spacial score (nSPS) is 11.1. The molecule has 0 heterocycles.